The normalized spacial score (nSPS) is 16.4. The number of rotatable bonds is 5. The van der Waals surface area contributed by atoms with E-state index in [1.54, 1.807) is 6.92 Å². The largest absolute Gasteiger partial charge is 0.462 e. The quantitative estimate of drug-likeness (QED) is 0.850. The van der Waals surface area contributed by atoms with Gasteiger partial charge < -0.3 is 10.1 Å². The summed E-state index contributed by atoms with van der Waals surface area (Å²) in [6, 6.07) is 0. The molecular formula is C15H21NO3S. The summed E-state index contributed by atoms with van der Waals surface area (Å²) < 4.78 is 5.06. The molecule has 1 aliphatic carbocycles. The summed E-state index contributed by atoms with van der Waals surface area (Å²) in [7, 11) is 0. The fourth-order valence-electron chi connectivity index (χ4n) is 2.46. The van der Waals surface area contributed by atoms with Crippen molar-refractivity contribution in [1.29, 1.82) is 0 Å². The summed E-state index contributed by atoms with van der Waals surface area (Å²) in [4.78, 5) is 24.8. The second-order valence-electron chi connectivity index (χ2n) is 5.58. The molecular weight excluding hydrogens is 274 g/mol. The van der Waals surface area contributed by atoms with Crippen molar-refractivity contribution < 1.29 is 14.3 Å². The lowest BCUT2D eigenvalue weighted by atomic mass is 9.78. The number of esters is 1. The second kappa shape index (κ2) is 5.95. The first-order valence-corrected chi connectivity index (χ1v) is 7.88. The van der Waals surface area contributed by atoms with E-state index >= 15 is 0 Å². The molecule has 1 fully saturated rings. The van der Waals surface area contributed by atoms with Crippen molar-refractivity contribution >= 4 is 23.2 Å². The molecule has 1 amide bonds. The van der Waals surface area contributed by atoms with E-state index in [1.165, 1.54) is 17.8 Å². The van der Waals surface area contributed by atoms with Gasteiger partial charge in [-0.1, -0.05) is 0 Å². The molecule has 2 rings (SSSR count). The van der Waals surface area contributed by atoms with E-state index in [-0.39, 0.29) is 23.8 Å². The third-order valence-electron chi connectivity index (χ3n) is 3.75. The molecule has 20 heavy (non-hydrogen) atoms. The molecule has 0 atom stereocenters. The van der Waals surface area contributed by atoms with Crippen LogP contribution in [0.2, 0.25) is 0 Å². The minimum atomic E-state index is -0.330. The molecule has 1 N–H and O–H groups in total. The third kappa shape index (κ3) is 3.20. The van der Waals surface area contributed by atoms with Gasteiger partial charge in [0.05, 0.1) is 18.6 Å². The highest BCUT2D eigenvalue weighted by Gasteiger charge is 2.33. The molecule has 0 unspecified atom stereocenters. The van der Waals surface area contributed by atoms with Gasteiger partial charge in [0, 0.05) is 10.4 Å². The highest BCUT2D eigenvalue weighted by molar-refractivity contribution is 7.10. The minimum absolute atomic E-state index is 0.0143. The van der Waals surface area contributed by atoms with Crippen molar-refractivity contribution in [2.45, 2.75) is 52.0 Å². The Morgan fingerprint density at radius 1 is 1.45 bits per heavy atom. The number of hydrogen-bond acceptors (Lipinski definition) is 4. The van der Waals surface area contributed by atoms with E-state index in [2.05, 4.69) is 12.2 Å². The number of aryl methyl sites for hydroxylation is 1. The van der Waals surface area contributed by atoms with Crippen molar-refractivity contribution in [3.8, 4) is 0 Å². The zero-order chi connectivity index (χ0) is 14.8. The van der Waals surface area contributed by atoms with Gasteiger partial charge in [-0.2, -0.15) is 0 Å². The number of nitrogens with one attached hydrogen (secondary N) is 1. The lowest BCUT2D eigenvalue weighted by Gasteiger charge is -2.39. The van der Waals surface area contributed by atoms with Gasteiger partial charge >= 0.3 is 5.97 Å². The van der Waals surface area contributed by atoms with E-state index < -0.39 is 0 Å². The first-order valence-electron chi connectivity index (χ1n) is 7.00. The molecule has 1 aliphatic rings. The Bertz CT molecular complexity index is 517. The molecule has 0 saturated heterocycles. The molecule has 1 aromatic heterocycles. The summed E-state index contributed by atoms with van der Waals surface area (Å²) in [6.07, 6.45) is 3.49. The lowest BCUT2D eigenvalue weighted by molar-refractivity contribution is -0.123. The Morgan fingerprint density at radius 2 is 2.15 bits per heavy atom. The van der Waals surface area contributed by atoms with Gasteiger partial charge in [0.15, 0.2) is 0 Å². The van der Waals surface area contributed by atoms with Crippen LogP contribution in [-0.2, 0) is 16.0 Å². The number of amides is 1. The monoisotopic (exact) mass is 295 g/mol. The lowest BCUT2D eigenvalue weighted by Crippen LogP contribution is -2.51. The van der Waals surface area contributed by atoms with Crippen LogP contribution in [0, 0.1) is 6.92 Å². The van der Waals surface area contributed by atoms with Crippen LogP contribution < -0.4 is 5.32 Å². The first kappa shape index (κ1) is 15.0. The topological polar surface area (TPSA) is 55.4 Å². The van der Waals surface area contributed by atoms with Crippen LogP contribution in [0.3, 0.4) is 0 Å². The highest BCUT2D eigenvalue weighted by Crippen LogP contribution is 2.31. The van der Waals surface area contributed by atoms with E-state index in [4.69, 9.17) is 4.74 Å². The molecule has 4 nitrogen and oxygen atoms in total. The minimum Gasteiger partial charge on any atom is -0.462 e. The van der Waals surface area contributed by atoms with Crippen LogP contribution in [0.15, 0.2) is 5.38 Å². The Kier molecular flexibility index (Phi) is 4.48. The van der Waals surface area contributed by atoms with Crippen LogP contribution in [0.1, 0.15) is 53.9 Å². The molecule has 110 valence electrons. The Hall–Kier alpha value is -1.36. The average molecular weight is 295 g/mol. The zero-order valence-corrected chi connectivity index (χ0v) is 13.1. The van der Waals surface area contributed by atoms with Crippen molar-refractivity contribution in [3.05, 3.63) is 21.4 Å². The van der Waals surface area contributed by atoms with E-state index in [9.17, 15) is 9.59 Å². The number of hydrogen-bond donors (Lipinski definition) is 1. The van der Waals surface area contributed by atoms with Gasteiger partial charge in [0.25, 0.3) is 0 Å². The van der Waals surface area contributed by atoms with Gasteiger partial charge in [0.2, 0.25) is 5.91 Å². The Balaban J connectivity index is 2.05. The molecule has 1 heterocycles. The fraction of sp³-hybridized carbons (Fsp3) is 0.600. The summed E-state index contributed by atoms with van der Waals surface area (Å²) >= 11 is 1.45. The summed E-state index contributed by atoms with van der Waals surface area (Å²) in [5, 5.41) is 4.97. The SMILES string of the molecule is CCOC(=O)c1c(C)csc1CC(=O)NC1(C)CCC1. The maximum Gasteiger partial charge on any atom is 0.339 e. The molecule has 0 aliphatic heterocycles. The smallest absolute Gasteiger partial charge is 0.339 e. The summed E-state index contributed by atoms with van der Waals surface area (Å²) in [5.41, 5.74) is 1.39. The Morgan fingerprint density at radius 3 is 2.70 bits per heavy atom. The van der Waals surface area contributed by atoms with Crippen molar-refractivity contribution in [2.24, 2.45) is 0 Å². The molecule has 0 bridgehead atoms. The summed E-state index contributed by atoms with van der Waals surface area (Å²) in [5.74, 6) is -0.344. The third-order valence-corrected chi connectivity index (χ3v) is 4.85. The molecule has 1 saturated carbocycles. The predicted molar refractivity (Wildman–Crippen MR) is 79.1 cm³/mol. The standard InChI is InChI=1S/C15H21NO3S/c1-4-19-14(18)13-10(2)9-20-11(13)8-12(17)16-15(3)6-5-7-15/h9H,4-8H2,1-3H3,(H,16,17). The van der Waals surface area contributed by atoms with Crippen LogP contribution in [-0.4, -0.2) is 24.0 Å². The van der Waals surface area contributed by atoms with Crippen LogP contribution in [0.4, 0.5) is 0 Å². The van der Waals surface area contributed by atoms with Gasteiger partial charge in [-0.05, 0) is 51.0 Å². The van der Waals surface area contributed by atoms with Crippen LogP contribution in [0.25, 0.3) is 0 Å². The zero-order valence-electron chi connectivity index (χ0n) is 12.2. The van der Waals surface area contributed by atoms with Gasteiger partial charge in [0.1, 0.15) is 0 Å². The first-order chi connectivity index (χ1) is 9.45. The predicted octanol–water partition coefficient (Wildman–Crippen LogP) is 2.83. The van der Waals surface area contributed by atoms with Crippen molar-refractivity contribution in [1.82, 2.24) is 5.32 Å². The van der Waals surface area contributed by atoms with Gasteiger partial charge in [-0.3, -0.25) is 4.79 Å². The van der Waals surface area contributed by atoms with Crippen molar-refractivity contribution in [2.75, 3.05) is 6.61 Å². The van der Waals surface area contributed by atoms with Gasteiger partial charge in [-0.25, -0.2) is 4.79 Å². The fourth-order valence-corrected chi connectivity index (χ4v) is 3.48. The molecule has 5 heteroatoms. The molecule has 1 aromatic rings. The summed E-state index contributed by atoms with van der Waals surface area (Å²) in [6.45, 7) is 6.07. The number of ether oxygens (including phenoxy) is 1. The van der Waals surface area contributed by atoms with Gasteiger partial charge in [-0.15, -0.1) is 11.3 Å². The molecule has 0 spiro atoms. The molecule has 0 radical (unpaired) electrons. The number of thiophene rings is 1. The van der Waals surface area contributed by atoms with E-state index in [1.807, 2.05) is 12.3 Å². The maximum atomic E-state index is 12.1. The van der Waals surface area contributed by atoms with Crippen LogP contribution >= 0.6 is 11.3 Å². The van der Waals surface area contributed by atoms with E-state index in [0.29, 0.717) is 12.2 Å². The Labute approximate surface area is 123 Å². The van der Waals surface area contributed by atoms with Crippen molar-refractivity contribution in [3.63, 3.8) is 0 Å². The second-order valence-corrected chi connectivity index (χ2v) is 6.54. The highest BCUT2D eigenvalue weighted by atomic mass is 32.1. The molecule has 0 aromatic carbocycles. The van der Waals surface area contributed by atoms with Crippen LogP contribution in [0.5, 0.6) is 0 Å². The number of carbonyl (C=O) groups excluding carboxylic acids is 2. The number of carbonyl (C=O) groups is 2. The maximum absolute atomic E-state index is 12.1. The average Bonchev–Trinajstić information content (AvgIpc) is 2.68. The van der Waals surface area contributed by atoms with E-state index in [0.717, 1.165) is 23.3 Å².